The number of benzene rings is 2. The summed E-state index contributed by atoms with van der Waals surface area (Å²) in [6, 6.07) is 16.0. The second kappa shape index (κ2) is 11.5. The first-order valence-corrected chi connectivity index (χ1v) is 13.0. The zero-order chi connectivity index (χ0) is 23.1. The molecule has 0 radical (unpaired) electrons. The summed E-state index contributed by atoms with van der Waals surface area (Å²) in [5.41, 5.74) is 3.88. The number of methoxy groups -OCH3 is 1. The van der Waals surface area contributed by atoms with Gasteiger partial charge in [-0.25, -0.2) is 0 Å². The first-order valence-electron chi connectivity index (χ1n) is 11.1. The monoisotopic (exact) mass is 468 g/mol. The predicted octanol–water partition coefficient (Wildman–Crippen LogP) is 7.13. The Morgan fingerprint density at radius 3 is 2.34 bits per heavy atom. The fourth-order valence-electron chi connectivity index (χ4n) is 3.90. The lowest BCUT2D eigenvalue weighted by Gasteiger charge is -2.20. The smallest absolute Gasteiger partial charge is 0.253 e. The number of carbonyl (C=O) groups is 1. The van der Waals surface area contributed by atoms with Gasteiger partial charge in [0.25, 0.3) is 5.91 Å². The Balaban J connectivity index is 2.11. The zero-order valence-corrected chi connectivity index (χ0v) is 21.1. The Kier molecular flexibility index (Phi) is 8.76. The van der Waals surface area contributed by atoms with Gasteiger partial charge in [-0.3, -0.25) is 4.79 Å². The van der Waals surface area contributed by atoms with Crippen LogP contribution < -0.4 is 10.1 Å². The van der Waals surface area contributed by atoms with Crippen LogP contribution in [0.15, 0.2) is 64.5 Å². The molecule has 1 unspecified atom stereocenters. The summed E-state index contributed by atoms with van der Waals surface area (Å²) in [6.45, 7) is 9.44. The molecule has 32 heavy (non-hydrogen) atoms. The first kappa shape index (κ1) is 24.3. The number of hydrogen-bond donors (Lipinski definition) is 1. The minimum atomic E-state index is -0.0766. The van der Waals surface area contributed by atoms with Gasteiger partial charge >= 0.3 is 0 Å². The van der Waals surface area contributed by atoms with Crippen LogP contribution in [0.25, 0.3) is 10.9 Å². The van der Waals surface area contributed by atoms with E-state index in [-0.39, 0.29) is 11.8 Å². The van der Waals surface area contributed by atoms with Crippen molar-refractivity contribution in [2.24, 2.45) is 0 Å². The zero-order valence-electron chi connectivity index (χ0n) is 19.5. The maximum Gasteiger partial charge on any atom is 0.253 e. The van der Waals surface area contributed by atoms with Crippen LogP contribution >= 0.6 is 23.5 Å². The summed E-state index contributed by atoms with van der Waals surface area (Å²) in [5, 5.41) is 4.32. The standard InChI is InChI=1S/C26H32N2O2S2/c1-6-28-17-20(19-13-9-11-15-22(19)28)18(4)24(26(31-7-2)32-8-3)25(29)27-21-14-10-12-16-23(21)30-5/h9-18H,6-8H2,1-5H3,(H,27,29). The van der Waals surface area contributed by atoms with Crippen LogP contribution in [0.2, 0.25) is 0 Å². The van der Waals surface area contributed by atoms with Gasteiger partial charge in [-0.2, -0.15) is 0 Å². The van der Waals surface area contributed by atoms with Crippen molar-refractivity contribution in [3.63, 3.8) is 0 Å². The fraction of sp³-hybridized carbons (Fsp3) is 0.346. The molecule has 1 N–H and O–H groups in total. The van der Waals surface area contributed by atoms with Crippen molar-refractivity contribution in [3.8, 4) is 5.75 Å². The summed E-state index contributed by atoms with van der Waals surface area (Å²) in [4.78, 5) is 13.7. The third kappa shape index (κ3) is 5.18. The van der Waals surface area contributed by atoms with Crippen LogP contribution in [0.1, 0.15) is 39.2 Å². The highest BCUT2D eigenvalue weighted by Gasteiger charge is 2.27. The van der Waals surface area contributed by atoms with Gasteiger partial charge in [-0.05, 0) is 42.2 Å². The molecule has 4 nitrogen and oxygen atoms in total. The first-order chi connectivity index (χ1) is 15.5. The fourth-order valence-corrected chi connectivity index (χ4v) is 6.32. The Hall–Kier alpha value is -2.31. The van der Waals surface area contributed by atoms with E-state index in [4.69, 9.17) is 4.74 Å². The number of hydrogen-bond acceptors (Lipinski definition) is 4. The highest BCUT2D eigenvalue weighted by atomic mass is 32.2. The number of para-hydroxylation sites is 3. The van der Waals surface area contributed by atoms with E-state index in [0.29, 0.717) is 11.4 Å². The highest BCUT2D eigenvalue weighted by molar-refractivity contribution is 8.22. The minimum absolute atomic E-state index is 0.0597. The summed E-state index contributed by atoms with van der Waals surface area (Å²) in [6.07, 6.45) is 2.20. The van der Waals surface area contributed by atoms with Crippen molar-refractivity contribution in [3.05, 3.63) is 70.1 Å². The lowest BCUT2D eigenvalue weighted by molar-refractivity contribution is -0.113. The molecule has 3 rings (SSSR count). The second-order valence-electron chi connectivity index (χ2n) is 7.33. The van der Waals surface area contributed by atoms with Gasteiger partial charge in [0.05, 0.1) is 12.8 Å². The van der Waals surface area contributed by atoms with Crippen molar-refractivity contribution in [2.75, 3.05) is 23.9 Å². The van der Waals surface area contributed by atoms with Gasteiger partial charge in [0.15, 0.2) is 0 Å². The van der Waals surface area contributed by atoms with Gasteiger partial charge in [-0.15, -0.1) is 23.5 Å². The van der Waals surface area contributed by atoms with Crippen molar-refractivity contribution >= 4 is 46.0 Å². The molecule has 3 aromatic rings. The van der Waals surface area contributed by atoms with Crippen molar-refractivity contribution in [1.29, 1.82) is 0 Å². The SMILES string of the molecule is CCSC(SCC)=C(C(=O)Nc1ccccc1OC)C(C)c1cn(CC)c2ccccc12. The van der Waals surface area contributed by atoms with Crippen LogP contribution in [0.4, 0.5) is 5.69 Å². The maximum atomic E-state index is 13.7. The van der Waals surface area contributed by atoms with Crippen molar-refractivity contribution in [2.45, 2.75) is 40.2 Å². The number of nitrogens with zero attached hydrogens (tertiary/aromatic N) is 1. The van der Waals surface area contributed by atoms with Crippen molar-refractivity contribution in [1.82, 2.24) is 4.57 Å². The van der Waals surface area contributed by atoms with Crippen LogP contribution in [0.3, 0.4) is 0 Å². The van der Waals surface area contributed by atoms with E-state index in [1.165, 1.54) is 16.5 Å². The van der Waals surface area contributed by atoms with Gasteiger partial charge in [0.1, 0.15) is 5.75 Å². The molecule has 0 spiro atoms. The number of amides is 1. The van der Waals surface area contributed by atoms with Crippen LogP contribution in [0, 0.1) is 0 Å². The summed E-state index contributed by atoms with van der Waals surface area (Å²) < 4.78 is 8.80. The molecule has 0 aliphatic heterocycles. The van der Waals surface area contributed by atoms with Crippen LogP contribution in [-0.2, 0) is 11.3 Å². The molecule has 0 bridgehead atoms. The number of thioether (sulfide) groups is 2. The quantitative estimate of drug-likeness (QED) is 0.321. The predicted molar refractivity (Wildman–Crippen MR) is 141 cm³/mol. The Morgan fingerprint density at radius 1 is 1.03 bits per heavy atom. The number of fused-ring (bicyclic) bond motifs is 1. The molecule has 1 atom stereocenters. The summed E-state index contributed by atoms with van der Waals surface area (Å²) in [5.74, 6) is 2.35. The van der Waals surface area contributed by atoms with E-state index in [2.05, 4.69) is 68.0 Å². The average Bonchev–Trinajstić information content (AvgIpc) is 3.19. The average molecular weight is 469 g/mol. The topological polar surface area (TPSA) is 43.3 Å². The van der Waals surface area contributed by atoms with Crippen LogP contribution in [-0.4, -0.2) is 29.1 Å². The Bertz CT molecular complexity index is 1100. The normalized spacial score (nSPS) is 11.9. The number of rotatable bonds is 10. The second-order valence-corrected chi connectivity index (χ2v) is 10.1. The van der Waals surface area contributed by atoms with E-state index < -0.39 is 0 Å². The molecule has 0 fully saturated rings. The molecule has 1 amide bonds. The summed E-state index contributed by atoms with van der Waals surface area (Å²) >= 11 is 3.49. The minimum Gasteiger partial charge on any atom is -0.495 e. The van der Waals surface area contributed by atoms with Crippen LogP contribution in [0.5, 0.6) is 5.75 Å². The van der Waals surface area contributed by atoms with Crippen molar-refractivity contribution < 1.29 is 9.53 Å². The molecule has 170 valence electrons. The Morgan fingerprint density at radius 2 is 1.69 bits per heavy atom. The molecule has 0 saturated carbocycles. The van der Waals surface area contributed by atoms with E-state index in [9.17, 15) is 4.79 Å². The molecular formula is C26H32N2O2S2. The highest BCUT2D eigenvalue weighted by Crippen LogP contribution is 2.41. The molecule has 1 heterocycles. The number of aromatic nitrogens is 1. The lowest BCUT2D eigenvalue weighted by atomic mass is 9.93. The van der Waals surface area contributed by atoms with E-state index >= 15 is 0 Å². The van der Waals surface area contributed by atoms with E-state index in [1.54, 1.807) is 30.6 Å². The largest absolute Gasteiger partial charge is 0.495 e. The van der Waals surface area contributed by atoms with Gasteiger partial charge in [0, 0.05) is 39.4 Å². The molecule has 6 heteroatoms. The molecule has 1 aromatic heterocycles. The number of carbonyl (C=O) groups excluding carboxylic acids is 1. The molecule has 0 aliphatic rings. The third-order valence-corrected chi connectivity index (χ3v) is 7.68. The molecule has 2 aromatic carbocycles. The third-order valence-electron chi connectivity index (χ3n) is 5.43. The van der Waals surface area contributed by atoms with Gasteiger partial charge in [-0.1, -0.05) is 51.1 Å². The number of nitrogens with one attached hydrogen (secondary N) is 1. The Labute approximate surface area is 199 Å². The number of anilines is 1. The van der Waals surface area contributed by atoms with Gasteiger partial charge < -0.3 is 14.6 Å². The maximum absolute atomic E-state index is 13.7. The number of aryl methyl sites for hydroxylation is 1. The lowest BCUT2D eigenvalue weighted by Crippen LogP contribution is -2.20. The molecular weight excluding hydrogens is 436 g/mol. The molecule has 0 aliphatic carbocycles. The number of ether oxygens (including phenoxy) is 1. The van der Waals surface area contributed by atoms with E-state index in [1.807, 2.05) is 24.3 Å². The van der Waals surface area contributed by atoms with Gasteiger partial charge in [0.2, 0.25) is 0 Å². The summed E-state index contributed by atoms with van der Waals surface area (Å²) in [7, 11) is 1.62. The molecule has 0 saturated heterocycles. The van der Waals surface area contributed by atoms with E-state index in [0.717, 1.165) is 27.9 Å².